The third kappa shape index (κ3) is 4.17. The molecule has 2 N–H and O–H groups in total. The van der Waals surface area contributed by atoms with Crippen LogP contribution in [0, 0.1) is 0 Å². The van der Waals surface area contributed by atoms with E-state index in [0.717, 1.165) is 10.9 Å². The van der Waals surface area contributed by atoms with Crippen LogP contribution >= 0.6 is 15.9 Å². The van der Waals surface area contributed by atoms with Crippen molar-refractivity contribution in [3.05, 3.63) is 70.2 Å². The number of halogens is 1. The van der Waals surface area contributed by atoms with Gasteiger partial charge in [-0.2, -0.15) is 0 Å². The molecule has 0 aliphatic rings. The van der Waals surface area contributed by atoms with Gasteiger partial charge in [0.25, 0.3) is 0 Å². The quantitative estimate of drug-likeness (QED) is 0.844. The summed E-state index contributed by atoms with van der Waals surface area (Å²) in [6.07, 6.45) is 0.826. The van der Waals surface area contributed by atoms with Gasteiger partial charge in [0, 0.05) is 16.6 Å². The van der Waals surface area contributed by atoms with Crippen molar-refractivity contribution in [3.8, 4) is 0 Å². The highest BCUT2D eigenvalue weighted by atomic mass is 79.9. The maximum absolute atomic E-state index is 9.58. The van der Waals surface area contributed by atoms with E-state index in [1.165, 1.54) is 11.1 Å². The molecule has 106 valence electrons. The van der Waals surface area contributed by atoms with Crippen LogP contribution in [0.4, 0.5) is 0 Å². The molecule has 2 nitrogen and oxygen atoms in total. The fourth-order valence-corrected chi connectivity index (χ4v) is 2.97. The van der Waals surface area contributed by atoms with Crippen LogP contribution < -0.4 is 5.32 Å². The van der Waals surface area contributed by atoms with Crippen LogP contribution in [-0.4, -0.2) is 17.8 Å². The topological polar surface area (TPSA) is 32.3 Å². The molecule has 0 fully saturated rings. The van der Waals surface area contributed by atoms with Crippen LogP contribution in [0.3, 0.4) is 0 Å². The Morgan fingerprint density at radius 3 is 2.35 bits per heavy atom. The molecule has 0 heterocycles. The van der Waals surface area contributed by atoms with Crippen LogP contribution in [-0.2, 0) is 6.42 Å². The number of aliphatic hydroxyl groups is 1. The van der Waals surface area contributed by atoms with E-state index >= 15 is 0 Å². The van der Waals surface area contributed by atoms with Crippen molar-refractivity contribution in [2.45, 2.75) is 25.4 Å². The monoisotopic (exact) mass is 333 g/mol. The Morgan fingerprint density at radius 1 is 1.05 bits per heavy atom. The summed E-state index contributed by atoms with van der Waals surface area (Å²) >= 11 is 3.57. The standard InChI is InChI=1S/C17H20BrNO/c1-13(16-9-5-6-10-17(16)18)19-15(12-20)11-14-7-3-2-4-8-14/h2-10,13,15,19-20H,11-12H2,1H3. The summed E-state index contributed by atoms with van der Waals surface area (Å²) in [5.41, 5.74) is 2.44. The zero-order valence-electron chi connectivity index (χ0n) is 11.6. The minimum Gasteiger partial charge on any atom is -0.395 e. The third-order valence-electron chi connectivity index (χ3n) is 3.40. The van der Waals surface area contributed by atoms with Crippen molar-refractivity contribution in [1.82, 2.24) is 5.32 Å². The van der Waals surface area contributed by atoms with Gasteiger partial charge in [0.15, 0.2) is 0 Å². The van der Waals surface area contributed by atoms with E-state index < -0.39 is 0 Å². The van der Waals surface area contributed by atoms with E-state index in [2.05, 4.69) is 46.4 Å². The zero-order chi connectivity index (χ0) is 14.4. The predicted octanol–water partition coefficient (Wildman–Crippen LogP) is 3.70. The Bertz CT molecular complexity index is 530. The van der Waals surface area contributed by atoms with E-state index in [0.29, 0.717) is 0 Å². The Morgan fingerprint density at radius 2 is 1.70 bits per heavy atom. The van der Waals surface area contributed by atoms with E-state index in [4.69, 9.17) is 0 Å². The van der Waals surface area contributed by atoms with Crippen molar-refractivity contribution < 1.29 is 5.11 Å². The molecule has 2 aromatic carbocycles. The fraction of sp³-hybridized carbons (Fsp3) is 0.294. The average Bonchev–Trinajstić information content (AvgIpc) is 2.48. The van der Waals surface area contributed by atoms with Gasteiger partial charge in [-0.1, -0.05) is 64.5 Å². The van der Waals surface area contributed by atoms with E-state index in [9.17, 15) is 5.11 Å². The second kappa shape index (κ2) is 7.58. The minimum atomic E-state index is 0.0551. The number of aliphatic hydroxyl groups excluding tert-OH is 1. The van der Waals surface area contributed by atoms with Crippen molar-refractivity contribution in [1.29, 1.82) is 0 Å². The molecule has 0 saturated heterocycles. The first-order valence-corrected chi connectivity index (χ1v) is 7.65. The Balaban J connectivity index is 2.01. The van der Waals surface area contributed by atoms with E-state index in [1.54, 1.807) is 0 Å². The number of hydrogen-bond acceptors (Lipinski definition) is 2. The second-order valence-corrected chi connectivity index (χ2v) is 5.83. The van der Waals surface area contributed by atoms with Crippen LogP contribution in [0.15, 0.2) is 59.1 Å². The Labute approximate surface area is 129 Å². The highest BCUT2D eigenvalue weighted by Gasteiger charge is 2.14. The van der Waals surface area contributed by atoms with Crippen molar-refractivity contribution in [3.63, 3.8) is 0 Å². The van der Waals surface area contributed by atoms with Gasteiger partial charge in [-0.25, -0.2) is 0 Å². The smallest absolute Gasteiger partial charge is 0.0588 e. The van der Waals surface area contributed by atoms with Crippen LogP contribution in [0.2, 0.25) is 0 Å². The summed E-state index contributed by atoms with van der Waals surface area (Å²) in [7, 11) is 0. The molecule has 0 bridgehead atoms. The molecule has 3 heteroatoms. The van der Waals surface area contributed by atoms with Crippen LogP contribution in [0.1, 0.15) is 24.1 Å². The van der Waals surface area contributed by atoms with Crippen LogP contribution in [0.25, 0.3) is 0 Å². The molecule has 2 atom stereocenters. The van der Waals surface area contributed by atoms with Crippen LogP contribution in [0.5, 0.6) is 0 Å². The molecule has 2 aromatic rings. The average molecular weight is 334 g/mol. The van der Waals surface area contributed by atoms with Gasteiger partial charge in [-0.15, -0.1) is 0 Å². The lowest BCUT2D eigenvalue weighted by Crippen LogP contribution is -2.36. The summed E-state index contributed by atoms with van der Waals surface area (Å²) in [5.74, 6) is 0. The lowest BCUT2D eigenvalue weighted by Gasteiger charge is -2.23. The van der Waals surface area contributed by atoms with Gasteiger partial charge < -0.3 is 10.4 Å². The molecule has 0 saturated carbocycles. The molecule has 0 amide bonds. The maximum atomic E-state index is 9.58. The molecule has 0 radical (unpaired) electrons. The molecule has 0 aliphatic carbocycles. The normalized spacial score (nSPS) is 13.9. The maximum Gasteiger partial charge on any atom is 0.0588 e. The first kappa shape index (κ1) is 15.2. The molecule has 20 heavy (non-hydrogen) atoms. The Kier molecular flexibility index (Phi) is 5.77. The largest absolute Gasteiger partial charge is 0.395 e. The van der Waals surface area contributed by atoms with Gasteiger partial charge in [0.1, 0.15) is 0 Å². The zero-order valence-corrected chi connectivity index (χ0v) is 13.2. The number of nitrogens with one attached hydrogen (secondary N) is 1. The van der Waals surface area contributed by atoms with E-state index in [-0.39, 0.29) is 18.7 Å². The van der Waals surface area contributed by atoms with Gasteiger partial charge in [-0.3, -0.25) is 0 Å². The predicted molar refractivity (Wildman–Crippen MR) is 86.7 cm³/mol. The summed E-state index contributed by atoms with van der Waals surface area (Å²) in [5, 5.41) is 13.1. The molecular weight excluding hydrogens is 314 g/mol. The van der Waals surface area contributed by atoms with Gasteiger partial charge in [0.2, 0.25) is 0 Å². The van der Waals surface area contributed by atoms with Crippen molar-refractivity contribution in [2.75, 3.05) is 6.61 Å². The lowest BCUT2D eigenvalue weighted by atomic mass is 10.0. The molecule has 0 spiro atoms. The van der Waals surface area contributed by atoms with E-state index in [1.807, 2.05) is 36.4 Å². The fourth-order valence-electron chi connectivity index (χ4n) is 2.34. The van der Waals surface area contributed by atoms with Crippen molar-refractivity contribution >= 4 is 15.9 Å². The number of rotatable bonds is 6. The van der Waals surface area contributed by atoms with Gasteiger partial charge in [0.05, 0.1) is 6.61 Å². The van der Waals surface area contributed by atoms with Gasteiger partial charge >= 0.3 is 0 Å². The summed E-state index contributed by atoms with van der Waals surface area (Å²) in [6.45, 7) is 2.25. The lowest BCUT2D eigenvalue weighted by molar-refractivity contribution is 0.232. The molecule has 2 rings (SSSR count). The number of benzene rings is 2. The first-order valence-electron chi connectivity index (χ1n) is 6.86. The summed E-state index contributed by atoms with van der Waals surface area (Å²) in [6, 6.07) is 18.7. The highest BCUT2D eigenvalue weighted by Crippen LogP contribution is 2.23. The summed E-state index contributed by atoms with van der Waals surface area (Å²) in [4.78, 5) is 0. The third-order valence-corrected chi connectivity index (χ3v) is 4.12. The molecule has 0 aromatic heterocycles. The Hall–Kier alpha value is -1.16. The SMILES string of the molecule is CC(NC(CO)Cc1ccccc1)c1ccccc1Br. The molecular formula is C17H20BrNO. The minimum absolute atomic E-state index is 0.0551. The molecule has 2 unspecified atom stereocenters. The second-order valence-electron chi connectivity index (χ2n) is 4.98. The first-order chi connectivity index (χ1) is 9.70. The van der Waals surface area contributed by atoms with Gasteiger partial charge in [-0.05, 0) is 30.5 Å². The number of hydrogen-bond donors (Lipinski definition) is 2. The summed E-state index contributed by atoms with van der Waals surface area (Å²) < 4.78 is 1.09. The van der Waals surface area contributed by atoms with Crippen molar-refractivity contribution in [2.24, 2.45) is 0 Å². The highest BCUT2D eigenvalue weighted by molar-refractivity contribution is 9.10. The molecule has 0 aliphatic heterocycles.